The Balaban J connectivity index is 2.07. The second kappa shape index (κ2) is 10.4. The van der Waals surface area contributed by atoms with E-state index in [9.17, 15) is 44.0 Å². The number of azo groups is 1. The molecule has 40 heavy (non-hydrogen) atoms. The predicted molar refractivity (Wildman–Crippen MR) is 139 cm³/mol. The van der Waals surface area contributed by atoms with Gasteiger partial charge in [-0.3, -0.25) is 13.7 Å². The highest BCUT2D eigenvalue weighted by Crippen LogP contribution is 2.40. The number of anilines is 2. The summed E-state index contributed by atoms with van der Waals surface area (Å²) in [6.45, 7) is 0. The van der Waals surface area contributed by atoms with Crippen molar-refractivity contribution in [1.82, 2.24) is 15.0 Å². The van der Waals surface area contributed by atoms with Gasteiger partial charge in [0.15, 0.2) is 4.90 Å². The van der Waals surface area contributed by atoms with Crippen molar-refractivity contribution < 1.29 is 44.0 Å². The summed E-state index contributed by atoms with van der Waals surface area (Å²) in [6, 6.07) is 6.52. The maximum atomic E-state index is 12.0. The Morgan fingerprint density at radius 1 is 0.725 bits per heavy atom. The maximum absolute atomic E-state index is 12.0. The third-order valence-electron chi connectivity index (χ3n) is 4.90. The van der Waals surface area contributed by atoms with Crippen LogP contribution in [-0.4, -0.2) is 59.0 Å². The first kappa shape index (κ1) is 29.4. The van der Waals surface area contributed by atoms with Gasteiger partial charge in [-0.15, -0.1) is 10.2 Å². The van der Waals surface area contributed by atoms with Crippen LogP contribution < -0.4 is 5.32 Å². The molecule has 0 aliphatic heterocycles. The minimum absolute atomic E-state index is 0.121. The SMILES string of the molecule is O=S(=O)(O)c1cc(N=Nc2cccc(O)c2S(=O)(=O)O)c2c(Nc3nc(Cl)nc(Cl)n3)cc(S(=O)(=O)O)cc2c1. The molecule has 0 bridgehead atoms. The van der Waals surface area contributed by atoms with Crippen LogP contribution >= 0.6 is 23.2 Å². The second-order valence-corrected chi connectivity index (χ2v) is 12.5. The van der Waals surface area contributed by atoms with Gasteiger partial charge in [0.2, 0.25) is 16.5 Å². The van der Waals surface area contributed by atoms with Gasteiger partial charge in [0.1, 0.15) is 11.4 Å². The summed E-state index contributed by atoms with van der Waals surface area (Å²) in [6.07, 6.45) is 0. The van der Waals surface area contributed by atoms with Crippen LogP contribution in [0.1, 0.15) is 0 Å². The number of hydrogen-bond donors (Lipinski definition) is 5. The van der Waals surface area contributed by atoms with Crippen LogP contribution in [0.2, 0.25) is 10.6 Å². The molecule has 21 heteroatoms. The van der Waals surface area contributed by atoms with Crippen molar-refractivity contribution in [2.24, 2.45) is 10.2 Å². The number of benzene rings is 3. The third kappa shape index (κ3) is 6.42. The largest absolute Gasteiger partial charge is 0.506 e. The van der Waals surface area contributed by atoms with Crippen molar-refractivity contribution in [1.29, 1.82) is 0 Å². The summed E-state index contributed by atoms with van der Waals surface area (Å²) in [7, 11) is -14.9. The monoisotopic (exact) mass is 650 g/mol. The Bertz CT molecular complexity index is 2030. The number of aromatic nitrogens is 3. The quantitative estimate of drug-likeness (QED) is 0.140. The number of phenols is 1. The van der Waals surface area contributed by atoms with E-state index in [1.807, 2.05) is 0 Å². The highest BCUT2D eigenvalue weighted by molar-refractivity contribution is 7.86. The summed E-state index contributed by atoms with van der Waals surface area (Å²) in [4.78, 5) is 8.56. The Kier molecular flexibility index (Phi) is 7.68. The zero-order chi connectivity index (χ0) is 29.6. The molecule has 1 heterocycles. The first-order valence-corrected chi connectivity index (χ1v) is 15.1. The molecular formula is C19H12Cl2N6O10S3. The van der Waals surface area contributed by atoms with Gasteiger partial charge in [-0.2, -0.15) is 40.2 Å². The van der Waals surface area contributed by atoms with E-state index in [0.717, 1.165) is 36.4 Å². The lowest BCUT2D eigenvalue weighted by molar-refractivity contribution is 0.443. The van der Waals surface area contributed by atoms with Crippen molar-refractivity contribution in [2.45, 2.75) is 14.7 Å². The molecule has 5 N–H and O–H groups in total. The second-order valence-electron chi connectivity index (χ2n) is 7.58. The fraction of sp³-hybridized carbons (Fsp3) is 0. The van der Waals surface area contributed by atoms with Crippen LogP contribution in [0.5, 0.6) is 5.75 Å². The number of hydrogen-bond acceptors (Lipinski definition) is 13. The van der Waals surface area contributed by atoms with Crippen molar-refractivity contribution >= 4 is 87.3 Å². The molecule has 4 aromatic rings. The van der Waals surface area contributed by atoms with Gasteiger partial charge in [-0.1, -0.05) is 6.07 Å². The molecule has 0 atom stereocenters. The molecule has 0 saturated heterocycles. The maximum Gasteiger partial charge on any atom is 0.300 e. The fourth-order valence-electron chi connectivity index (χ4n) is 3.38. The Morgan fingerprint density at radius 2 is 1.27 bits per heavy atom. The molecule has 0 aliphatic carbocycles. The normalized spacial score (nSPS) is 12.7. The van der Waals surface area contributed by atoms with Gasteiger partial charge in [-0.25, -0.2) is 0 Å². The van der Waals surface area contributed by atoms with E-state index in [2.05, 4.69) is 30.5 Å². The number of phenolic OH excluding ortho intramolecular Hbond substituents is 1. The molecule has 4 rings (SSSR count). The lowest BCUT2D eigenvalue weighted by Crippen LogP contribution is -2.04. The number of fused-ring (bicyclic) bond motifs is 1. The van der Waals surface area contributed by atoms with Crippen molar-refractivity contribution in [2.75, 3.05) is 5.32 Å². The summed E-state index contributed by atoms with van der Waals surface area (Å²) < 4.78 is 100. The van der Waals surface area contributed by atoms with Gasteiger partial charge >= 0.3 is 0 Å². The molecule has 0 spiro atoms. The standard InChI is InChI=1S/C19H12Cl2N6O10S3/c20-17-23-18(21)25-19(24-17)22-12-6-9(38(29,30)31)4-8-5-10(39(32,33)34)7-13(15(8)12)27-26-11-2-1-3-14(28)16(11)40(35,36)37/h1-7,28H,(H,29,30,31)(H,32,33,34)(H,35,36,37)(H,22,23,24,25). The Hall–Kier alpha value is -3.56. The topological polar surface area (TPSA) is 259 Å². The Morgan fingerprint density at radius 3 is 1.82 bits per heavy atom. The first-order valence-electron chi connectivity index (χ1n) is 10.1. The molecule has 0 aliphatic rings. The van der Waals surface area contributed by atoms with Gasteiger partial charge < -0.3 is 10.4 Å². The molecule has 210 valence electrons. The number of aromatic hydroxyl groups is 1. The van der Waals surface area contributed by atoms with Crippen LogP contribution in [0.3, 0.4) is 0 Å². The van der Waals surface area contributed by atoms with E-state index in [1.165, 1.54) is 6.07 Å². The average Bonchev–Trinajstić information content (AvgIpc) is 2.79. The predicted octanol–water partition coefficient (Wildman–Crippen LogP) is 3.94. The van der Waals surface area contributed by atoms with Crippen molar-refractivity contribution in [3.63, 3.8) is 0 Å². The zero-order valence-electron chi connectivity index (χ0n) is 19.0. The summed E-state index contributed by atoms with van der Waals surface area (Å²) in [5.41, 5.74) is -1.25. The van der Waals surface area contributed by atoms with Crippen LogP contribution in [0.15, 0.2) is 67.4 Å². The lowest BCUT2D eigenvalue weighted by atomic mass is 10.1. The number of rotatable bonds is 7. The minimum Gasteiger partial charge on any atom is -0.506 e. The highest BCUT2D eigenvalue weighted by atomic mass is 35.5. The molecule has 0 unspecified atom stereocenters. The van der Waals surface area contributed by atoms with E-state index >= 15 is 0 Å². The van der Waals surface area contributed by atoms with E-state index in [4.69, 9.17) is 23.2 Å². The van der Waals surface area contributed by atoms with Gasteiger partial charge in [-0.05, 0) is 65.0 Å². The first-order chi connectivity index (χ1) is 18.4. The summed E-state index contributed by atoms with van der Waals surface area (Å²) in [5.74, 6) is -1.21. The molecule has 0 saturated carbocycles. The zero-order valence-corrected chi connectivity index (χ0v) is 23.0. The van der Waals surface area contributed by atoms with Crippen LogP contribution in [-0.2, 0) is 30.4 Å². The molecule has 0 radical (unpaired) electrons. The van der Waals surface area contributed by atoms with Gasteiger partial charge in [0.25, 0.3) is 30.4 Å². The summed E-state index contributed by atoms with van der Waals surface area (Å²) >= 11 is 11.6. The molecule has 0 fully saturated rings. The molecule has 1 aromatic heterocycles. The van der Waals surface area contributed by atoms with Crippen LogP contribution in [0.4, 0.5) is 23.0 Å². The van der Waals surface area contributed by atoms with E-state index < -0.39 is 62.2 Å². The van der Waals surface area contributed by atoms with E-state index in [0.29, 0.717) is 0 Å². The van der Waals surface area contributed by atoms with E-state index in [-0.39, 0.29) is 33.0 Å². The molecule has 0 amide bonds. The smallest absolute Gasteiger partial charge is 0.300 e. The van der Waals surface area contributed by atoms with Crippen molar-refractivity contribution in [3.8, 4) is 5.75 Å². The third-order valence-corrected chi connectivity index (χ3v) is 7.83. The van der Waals surface area contributed by atoms with Crippen LogP contribution in [0, 0.1) is 0 Å². The fourth-order valence-corrected chi connectivity index (χ4v) is 5.53. The van der Waals surface area contributed by atoms with Crippen molar-refractivity contribution in [3.05, 3.63) is 53.0 Å². The highest BCUT2D eigenvalue weighted by Gasteiger charge is 2.23. The summed E-state index contributed by atoms with van der Waals surface area (Å²) in [5, 5.41) is 18.9. The minimum atomic E-state index is -5.02. The lowest BCUT2D eigenvalue weighted by Gasteiger charge is -2.13. The number of nitrogens with zero attached hydrogens (tertiary/aromatic N) is 5. The molecule has 3 aromatic carbocycles. The Labute approximate surface area is 234 Å². The van der Waals surface area contributed by atoms with Crippen LogP contribution in [0.25, 0.3) is 10.8 Å². The van der Waals surface area contributed by atoms with Gasteiger partial charge in [0, 0.05) is 5.39 Å². The average molecular weight is 651 g/mol. The van der Waals surface area contributed by atoms with E-state index in [1.54, 1.807) is 0 Å². The van der Waals surface area contributed by atoms with Gasteiger partial charge in [0.05, 0.1) is 21.2 Å². The molecular weight excluding hydrogens is 639 g/mol. The number of halogens is 2. The number of nitrogens with one attached hydrogen (secondary N) is 1. The molecule has 16 nitrogen and oxygen atoms in total.